The highest BCUT2D eigenvalue weighted by Crippen LogP contribution is 2.27. The zero-order valence-corrected chi connectivity index (χ0v) is 14.9. The number of fused-ring (bicyclic) bond motifs is 1. The Balaban J connectivity index is 1.56. The smallest absolute Gasteiger partial charge is 0.228 e. The van der Waals surface area contributed by atoms with Gasteiger partial charge in [-0.3, -0.25) is 14.4 Å². The third kappa shape index (κ3) is 4.03. The second-order valence-electron chi connectivity index (χ2n) is 5.92. The number of hydrogen-bond acceptors (Lipinski definition) is 4. The second kappa shape index (κ2) is 7.58. The van der Waals surface area contributed by atoms with Gasteiger partial charge in [-0.15, -0.1) is 0 Å². The molecule has 0 unspecified atom stereocenters. The summed E-state index contributed by atoms with van der Waals surface area (Å²) in [6, 6.07) is 10.0. The molecule has 0 fully saturated rings. The van der Waals surface area contributed by atoms with Crippen LogP contribution in [0.1, 0.15) is 28.8 Å². The number of carbonyl (C=O) groups excluding carboxylic acids is 3. The van der Waals surface area contributed by atoms with Gasteiger partial charge in [0.2, 0.25) is 11.8 Å². The molecule has 0 bridgehead atoms. The van der Waals surface area contributed by atoms with Gasteiger partial charge in [0.15, 0.2) is 5.78 Å². The van der Waals surface area contributed by atoms with Crippen molar-refractivity contribution < 1.29 is 19.1 Å². The van der Waals surface area contributed by atoms with Gasteiger partial charge in [-0.1, -0.05) is 11.6 Å². The van der Waals surface area contributed by atoms with E-state index in [-0.39, 0.29) is 36.9 Å². The standard InChI is InChI=1S/C19H17ClN2O4/c1-26-17-6-3-13(10-14(17)20)21-18(24)7-5-16(23)11-2-4-15-12(8-11)9-19(25)22-15/h2-4,6,8,10H,5,7,9H2,1H3,(H,21,24)(H,22,25). The van der Waals surface area contributed by atoms with Crippen LogP contribution in [0.2, 0.25) is 5.02 Å². The predicted octanol–water partition coefficient (Wildman–Crippen LogP) is 3.44. The van der Waals surface area contributed by atoms with Crippen LogP contribution in [0, 0.1) is 0 Å². The average molecular weight is 373 g/mol. The molecule has 134 valence electrons. The van der Waals surface area contributed by atoms with Gasteiger partial charge < -0.3 is 15.4 Å². The highest BCUT2D eigenvalue weighted by molar-refractivity contribution is 6.32. The van der Waals surface area contributed by atoms with Gasteiger partial charge in [0.1, 0.15) is 5.75 Å². The number of halogens is 1. The van der Waals surface area contributed by atoms with E-state index in [1.54, 1.807) is 36.4 Å². The molecule has 0 saturated carbocycles. The number of hydrogen-bond donors (Lipinski definition) is 2. The molecule has 3 rings (SSSR count). The van der Waals surface area contributed by atoms with Crippen molar-refractivity contribution in [1.82, 2.24) is 0 Å². The topological polar surface area (TPSA) is 84.5 Å². The Hall–Kier alpha value is -2.86. The highest BCUT2D eigenvalue weighted by Gasteiger charge is 2.19. The first-order chi connectivity index (χ1) is 12.5. The SMILES string of the molecule is COc1ccc(NC(=O)CCC(=O)c2ccc3c(c2)CC(=O)N3)cc1Cl. The Bertz CT molecular complexity index is 895. The van der Waals surface area contributed by atoms with Crippen molar-refractivity contribution >= 4 is 40.6 Å². The van der Waals surface area contributed by atoms with Crippen molar-refractivity contribution in [3.63, 3.8) is 0 Å². The summed E-state index contributed by atoms with van der Waals surface area (Å²) in [5, 5.41) is 5.81. The first-order valence-electron chi connectivity index (χ1n) is 8.05. The molecule has 0 saturated heterocycles. The number of benzene rings is 2. The third-order valence-electron chi connectivity index (χ3n) is 4.07. The Labute approximate surface area is 155 Å². The number of carbonyl (C=O) groups is 3. The zero-order valence-electron chi connectivity index (χ0n) is 14.1. The molecule has 1 aliphatic rings. The Morgan fingerprint density at radius 2 is 2.00 bits per heavy atom. The van der Waals surface area contributed by atoms with Gasteiger partial charge in [-0.2, -0.15) is 0 Å². The summed E-state index contributed by atoms with van der Waals surface area (Å²) < 4.78 is 5.06. The molecule has 0 spiro atoms. The highest BCUT2D eigenvalue weighted by atomic mass is 35.5. The van der Waals surface area contributed by atoms with Gasteiger partial charge in [-0.25, -0.2) is 0 Å². The summed E-state index contributed by atoms with van der Waals surface area (Å²) in [5.74, 6) is 0.0132. The van der Waals surface area contributed by atoms with Gasteiger partial charge in [0.05, 0.1) is 18.6 Å². The first kappa shape index (κ1) is 17.9. The molecule has 7 heteroatoms. The number of ketones is 1. The van der Waals surface area contributed by atoms with E-state index in [9.17, 15) is 14.4 Å². The van der Waals surface area contributed by atoms with Gasteiger partial charge >= 0.3 is 0 Å². The molecule has 2 N–H and O–H groups in total. The lowest BCUT2D eigenvalue weighted by atomic mass is 10.0. The Morgan fingerprint density at radius 1 is 1.19 bits per heavy atom. The number of methoxy groups -OCH3 is 1. The fraction of sp³-hybridized carbons (Fsp3) is 0.211. The zero-order chi connectivity index (χ0) is 18.7. The molecule has 1 aliphatic heterocycles. The first-order valence-corrected chi connectivity index (χ1v) is 8.43. The lowest BCUT2D eigenvalue weighted by molar-refractivity contribution is -0.116. The van der Waals surface area contributed by atoms with E-state index in [1.165, 1.54) is 7.11 Å². The van der Waals surface area contributed by atoms with Gasteiger partial charge in [-0.05, 0) is 42.0 Å². The second-order valence-corrected chi connectivity index (χ2v) is 6.32. The maximum absolute atomic E-state index is 12.3. The molecule has 2 amide bonds. The molecule has 2 aromatic rings. The summed E-state index contributed by atoms with van der Waals surface area (Å²) in [5.41, 5.74) is 2.58. The minimum Gasteiger partial charge on any atom is -0.495 e. The molecule has 1 heterocycles. The van der Waals surface area contributed by atoms with E-state index < -0.39 is 0 Å². The van der Waals surface area contributed by atoms with Crippen LogP contribution < -0.4 is 15.4 Å². The van der Waals surface area contributed by atoms with E-state index in [0.29, 0.717) is 22.0 Å². The van der Waals surface area contributed by atoms with Crippen LogP contribution in [0.25, 0.3) is 0 Å². The van der Waals surface area contributed by atoms with E-state index in [4.69, 9.17) is 16.3 Å². The normalized spacial score (nSPS) is 12.3. The Kier molecular flexibility index (Phi) is 5.23. The van der Waals surface area contributed by atoms with Crippen LogP contribution in [0.3, 0.4) is 0 Å². The van der Waals surface area contributed by atoms with Crippen LogP contribution in [-0.2, 0) is 16.0 Å². The summed E-state index contributed by atoms with van der Waals surface area (Å²) >= 11 is 6.02. The van der Waals surface area contributed by atoms with E-state index in [1.807, 2.05) is 0 Å². The molecule has 2 aromatic carbocycles. The fourth-order valence-corrected chi connectivity index (χ4v) is 3.00. The molecule has 0 aliphatic carbocycles. The summed E-state index contributed by atoms with van der Waals surface area (Å²) in [6.07, 6.45) is 0.405. The number of nitrogens with one attached hydrogen (secondary N) is 2. The molecule has 0 aromatic heterocycles. The molecule has 0 atom stereocenters. The molecule has 6 nitrogen and oxygen atoms in total. The monoisotopic (exact) mass is 372 g/mol. The largest absolute Gasteiger partial charge is 0.495 e. The fourth-order valence-electron chi connectivity index (χ4n) is 2.74. The minimum absolute atomic E-state index is 0.0523. The summed E-state index contributed by atoms with van der Waals surface area (Å²) in [6.45, 7) is 0. The van der Waals surface area contributed by atoms with Crippen LogP contribution in [0.5, 0.6) is 5.75 Å². The predicted molar refractivity (Wildman–Crippen MR) is 99.0 cm³/mol. The van der Waals surface area contributed by atoms with Crippen LogP contribution in [0.15, 0.2) is 36.4 Å². The number of anilines is 2. The van der Waals surface area contributed by atoms with Crippen LogP contribution in [0.4, 0.5) is 11.4 Å². The minimum atomic E-state index is -0.280. The molecular weight excluding hydrogens is 356 g/mol. The van der Waals surface area contributed by atoms with E-state index in [2.05, 4.69) is 10.6 Å². The average Bonchev–Trinajstić information content (AvgIpc) is 2.99. The van der Waals surface area contributed by atoms with Crippen LogP contribution in [-0.4, -0.2) is 24.7 Å². The molecule has 0 radical (unpaired) electrons. The van der Waals surface area contributed by atoms with E-state index >= 15 is 0 Å². The quantitative estimate of drug-likeness (QED) is 0.761. The van der Waals surface area contributed by atoms with E-state index in [0.717, 1.165) is 11.3 Å². The molecule has 26 heavy (non-hydrogen) atoms. The van der Waals surface area contributed by atoms with Crippen molar-refractivity contribution in [2.75, 3.05) is 17.7 Å². The third-order valence-corrected chi connectivity index (χ3v) is 4.36. The number of rotatable bonds is 6. The number of ether oxygens (including phenoxy) is 1. The van der Waals surface area contributed by atoms with Crippen molar-refractivity contribution in [3.8, 4) is 5.75 Å². The lowest BCUT2D eigenvalue weighted by Crippen LogP contribution is -2.13. The maximum atomic E-state index is 12.3. The van der Waals surface area contributed by atoms with Crippen molar-refractivity contribution in [1.29, 1.82) is 0 Å². The maximum Gasteiger partial charge on any atom is 0.228 e. The summed E-state index contributed by atoms with van der Waals surface area (Å²) in [4.78, 5) is 35.7. The van der Waals surface area contributed by atoms with Crippen molar-refractivity contribution in [2.24, 2.45) is 0 Å². The molecular formula is C19H17ClN2O4. The lowest BCUT2D eigenvalue weighted by Gasteiger charge is -2.08. The van der Waals surface area contributed by atoms with Gasteiger partial charge in [0.25, 0.3) is 0 Å². The Morgan fingerprint density at radius 3 is 2.73 bits per heavy atom. The number of Topliss-reactive ketones (excluding diaryl/α,β-unsaturated/α-hetero) is 1. The van der Waals surface area contributed by atoms with Crippen LogP contribution >= 0.6 is 11.6 Å². The number of amides is 2. The summed E-state index contributed by atoms with van der Waals surface area (Å²) in [7, 11) is 1.51. The van der Waals surface area contributed by atoms with Crippen molar-refractivity contribution in [2.45, 2.75) is 19.3 Å². The van der Waals surface area contributed by atoms with Crippen molar-refractivity contribution in [3.05, 3.63) is 52.5 Å². The van der Waals surface area contributed by atoms with Gasteiger partial charge in [0, 0.05) is 29.8 Å².